The molecule has 0 radical (unpaired) electrons. The summed E-state index contributed by atoms with van der Waals surface area (Å²) in [6.07, 6.45) is 0. The van der Waals surface area contributed by atoms with Crippen LogP contribution in [0.1, 0.15) is 40.6 Å². The molecule has 4 nitrogen and oxygen atoms in total. The Kier molecular flexibility index (Phi) is 4.62. The highest BCUT2D eigenvalue weighted by Crippen LogP contribution is 2.20. The summed E-state index contributed by atoms with van der Waals surface area (Å²) in [6, 6.07) is 6.24. The van der Waals surface area contributed by atoms with Gasteiger partial charge in [-0.3, -0.25) is 9.69 Å². The van der Waals surface area contributed by atoms with Gasteiger partial charge >= 0.3 is 0 Å². The number of furan rings is 1. The quantitative estimate of drug-likeness (QED) is 0.889. The maximum absolute atomic E-state index is 11.1. The number of nitrogens with two attached hydrogens (primary N) is 1. The molecule has 0 saturated heterocycles. The molecule has 5 heteroatoms. The molecular formula is C15H20N2O2S. The van der Waals surface area contributed by atoms with E-state index in [2.05, 4.69) is 18.7 Å². The second-order valence-electron chi connectivity index (χ2n) is 5.18. The SMILES string of the molecule is Cc1ccc(CN(Cc2cc(C(N)=O)cs2)C(C)C)o1. The largest absolute Gasteiger partial charge is 0.465 e. The third kappa shape index (κ3) is 3.71. The van der Waals surface area contributed by atoms with Crippen LogP contribution in [0, 0.1) is 6.92 Å². The minimum absolute atomic E-state index is 0.370. The van der Waals surface area contributed by atoms with Crippen molar-refractivity contribution in [3.05, 3.63) is 45.5 Å². The zero-order valence-corrected chi connectivity index (χ0v) is 12.9. The van der Waals surface area contributed by atoms with Crippen LogP contribution in [-0.4, -0.2) is 16.8 Å². The lowest BCUT2D eigenvalue weighted by Gasteiger charge is -2.24. The van der Waals surface area contributed by atoms with Gasteiger partial charge in [0.2, 0.25) is 5.91 Å². The monoisotopic (exact) mass is 292 g/mol. The number of hydrogen-bond donors (Lipinski definition) is 1. The van der Waals surface area contributed by atoms with Crippen LogP contribution in [0.5, 0.6) is 0 Å². The third-order valence-electron chi connectivity index (χ3n) is 3.18. The van der Waals surface area contributed by atoms with Crippen LogP contribution in [0.15, 0.2) is 28.0 Å². The molecule has 0 bridgehead atoms. The predicted octanol–water partition coefficient (Wildman–Crippen LogP) is 3.16. The highest BCUT2D eigenvalue weighted by Gasteiger charge is 2.15. The zero-order chi connectivity index (χ0) is 14.7. The standard InChI is InChI=1S/C15H20N2O2S/c1-10(2)17(7-13-5-4-11(3)19-13)8-14-6-12(9-20-14)15(16)18/h4-6,9-10H,7-8H2,1-3H3,(H2,16,18). The molecule has 0 aliphatic carbocycles. The maximum Gasteiger partial charge on any atom is 0.249 e. The van der Waals surface area contributed by atoms with Crippen LogP contribution < -0.4 is 5.73 Å². The molecule has 108 valence electrons. The summed E-state index contributed by atoms with van der Waals surface area (Å²) in [4.78, 5) is 14.6. The zero-order valence-electron chi connectivity index (χ0n) is 12.1. The van der Waals surface area contributed by atoms with Crippen molar-refractivity contribution in [3.8, 4) is 0 Å². The van der Waals surface area contributed by atoms with Crippen molar-refractivity contribution in [2.75, 3.05) is 0 Å². The molecule has 0 fully saturated rings. The number of thiophene rings is 1. The van der Waals surface area contributed by atoms with Gasteiger partial charge in [-0.2, -0.15) is 0 Å². The van der Waals surface area contributed by atoms with Crippen molar-refractivity contribution in [3.63, 3.8) is 0 Å². The number of carbonyl (C=O) groups excluding carboxylic acids is 1. The van der Waals surface area contributed by atoms with Crippen molar-refractivity contribution in [2.45, 2.75) is 39.9 Å². The number of nitrogens with zero attached hydrogens (tertiary/aromatic N) is 1. The number of hydrogen-bond acceptors (Lipinski definition) is 4. The summed E-state index contributed by atoms with van der Waals surface area (Å²) in [5.74, 6) is 1.52. The average Bonchev–Trinajstić information content (AvgIpc) is 2.98. The Bertz CT molecular complexity index is 586. The summed E-state index contributed by atoms with van der Waals surface area (Å²) in [6.45, 7) is 7.79. The van der Waals surface area contributed by atoms with Crippen LogP contribution in [0.2, 0.25) is 0 Å². The lowest BCUT2D eigenvalue weighted by Crippen LogP contribution is -2.29. The van der Waals surface area contributed by atoms with Gasteiger partial charge in [-0.1, -0.05) is 0 Å². The summed E-state index contributed by atoms with van der Waals surface area (Å²) in [7, 11) is 0. The van der Waals surface area contributed by atoms with Crippen molar-refractivity contribution in [1.82, 2.24) is 4.90 Å². The van der Waals surface area contributed by atoms with Gasteiger partial charge in [0.05, 0.1) is 12.1 Å². The van der Waals surface area contributed by atoms with E-state index in [1.54, 1.807) is 11.3 Å². The van der Waals surface area contributed by atoms with Gasteiger partial charge in [0.25, 0.3) is 0 Å². The van der Waals surface area contributed by atoms with Gasteiger partial charge in [0, 0.05) is 22.8 Å². The highest BCUT2D eigenvalue weighted by atomic mass is 32.1. The Labute approximate surface area is 123 Å². The first-order valence-corrected chi connectivity index (χ1v) is 7.50. The number of primary amides is 1. The van der Waals surface area contributed by atoms with Crippen LogP contribution in [-0.2, 0) is 13.1 Å². The van der Waals surface area contributed by atoms with Crippen LogP contribution in [0.4, 0.5) is 0 Å². The molecule has 2 aromatic heterocycles. The molecule has 0 unspecified atom stereocenters. The van der Waals surface area contributed by atoms with Crippen LogP contribution >= 0.6 is 11.3 Å². The Balaban J connectivity index is 2.06. The van der Waals surface area contributed by atoms with E-state index in [0.717, 1.165) is 29.5 Å². The van der Waals surface area contributed by atoms with E-state index >= 15 is 0 Å². The fourth-order valence-electron chi connectivity index (χ4n) is 1.98. The second kappa shape index (κ2) is 6.24. The van der Waals surface area contributed by atoms with Gasteiger partial charge in [-0.05, 0) is 39.0 Å². The first kappa shape index (κ1) is 14.8. The van der Waals surface area contributed by atoms with Gasteiger partial charge in [0.15, 0.2) is 0 Å². The minimum atomic E-state index is -0.370. The molecule has 2 N–H and O–H groups in total. The summed E-state index contributed by atoms with van der Waals surface area (Å²) in [5, 5.41) is 1.81. The van der Waals surface area contributed by atoms with E-state index in [9.17, 15) is 4.79 Å². The van der Waals surface area contributed by atoms with E-state index in [4.69, 9.17) is 10.2 Å². The second-order valence-corrected chi connectivity index (χ2v) is 6.17. The van der Waals surface area contributed by atoms with Crippen LogP contribution in [0.25, 0.3) is 0 Å². The highest BCUT2D eigenvalue weighted by molar-refractivity contribution is 7.10. The van der Waals surface area contributed by atoms with Crippen molar-refractivity contribution < 1.29 is 9.21 Å². The molecule has 0 aliphatic rings. The van der Waals surface area contributed by atoms with E-state index in [0.29, 0.717) is 11.6 Å². The topological polar surface area (TPSA) is 59.5 Å². The molecule has 0 spiro atoms. The fraction of sp³-hybridized carbons (Fsp3) is 0.400. The Hall–Kier alpha value is -1.59. The first-order chi connectivity index (χ1) is 9.45. The van der Waals surface area contributed by atoms with Gasteiger partial charge in [-0.25, -0.2) is 0 Å². The van der Waals surface area contributed by atoms with E-state index in [1.165, 1.54) is 0 Å². The molecule has 2 rings (SSSR count). The fourth-order valence-corrected chi connectivity index (χ4v) is 2.88. The van der Waals surface area contributed by atoms with E-state index in [1.807, 2.05) is 30.5 Å². The number of carbonyl (C=O) groups is 1. The lowest BCUT2D eigenvalue weighted by molar-refractivity contribution is 0.100. The molecule has 20 heavy (non-hydrogen) atoms. The third-order valence-corrected chi connectivity index (χ3v) is 4.10. The summed E-state index contributed by atoms with van der Waals surface area (Å²) >= 11 is 1.57. The number of amides is 1. The van der Waals surface area contributed by atoms with Crippen molar-refractivity contribution in [2.24, 2.45) is 5.73 Å². The van der Waals surface area contributed by atoms with E-state index in [-0.39, 0.29) is 5.91 Å². The Morgan fingerprint density at radius 1 is 1.40 bits per heavy atom. The number of aryl methyl sites for hydroxylation is 1. The molecule has 0 saturated carbocycles. The summed E-state index contributed by atoms with van der Waals surface area (Å²) < 4.78 is 5.63. The molecular weight excluding hydrogens is 272 g/mol. The maximum atomic E-state index is 11.1. The lowest BCUT2D eigenvalue weighted by atomic mass is 10.2. The average molecular weight is 292 g/mol. The van der Waals surface area contributed by atoms with Crippen LogP contribution in [0.3, 0.4) is 0 Å². The normalized spacial score (nSPS) is 11.4. The molecule has 2 heterocycles. The summed E-state index contributed by atoms with van der Waals surface area (Å²) in [5.41, 5.74) is 5.87. The van der Waals surface area contributed by atoms with Crippen molar-refractivity contribution >= 4 is 17.2 Å². The molecule has 2 aromatic rings. The first-order valence-electron chi connectivity index (χ1n) is 6.62. The van der Waals surface area contributed by atoms with Gasteiger partial charge < -0.3 is 10.2 Å². The molecule has 0 atom stereocenters. The Morgan fingerprint density at radius 2 is 2.15 bits per heavy atom. The number of rotatable bonds is 6. The van der Waals surface area contributed by atoms with Crippen molar-refractivity contribution in [1.29, 1.82) is 0 Å². The van der Waals surface area contributed by atoms with Gasteiger partial charge in [0.1, 0.15) is 11.5 Å². The molecule has 0 aliphatic heterocycles. The molecule has 0 aromatic carbocycles. The smallest absolute Gasteiger partial charge is 0.249 e. The van der Waals surface area contributed by atoms with E-state index < -0.39 is 0 Å². The minimum Gasteiger partial charge on any atom is -0.465 e. The Morgan fingerprint density at radius 3 is 2.65 bits per heavy atom. The van der Waals surface area contributed by atoms with Gasteiger partial charge in [-0.15, -0.1) is 11.3 Å². The molecule has 1 amide bonds. The predicted molar refractivity (Wildman–Crippen MR) is 80.7 cm³/mol.